The van der Waals surface area contributed by atoms with Crippen LogP contribution < -0.4 is 5.73 Å². The molecule has 4 heteroatoms. The Morgan fingerprint density at radius 1 is 1.09 bits per heavy atom. The fraction of sp³-hybridized carbons (Fsp3) is 0.556. The summed E-state index contributed by atoms with van der Waals surface area (Å²) < 4.78 is 0. The molecule has 4 nitrogen and oxygen atoms in total. The molecule has 3 rings (SSSR count). The highest BCUT2D eigenvalue weighted by Crippen LogP contribution is 2.40. The van der Waals surface area contributed by atoms with Gasteiger partial charge in [0.25, 0.3) is 0 Å². The first-order chi connectivity index (χ1) is 10.6. The average molecular weight is 300 g/mol. The maximum Gasteiger partial charge on any atom is 0.222 e. The SMILES string of the molecule is N[C@@H]1CN(C(=O)CCCC(=O)c2ccccc2)C[C@H]1C1CC1. The quantitative estimate of drug-likeness (QED) is 0.819. The van der Waals surface area contributed by atoms with Crippen molar-refractivity contribution < 1.29 is 9.59 Å². The van der Waals surface area contributed by atoms with E-state index in [0.717, 1.165) is 18.0 Å². The van der Waals surface area contributed by atoms with Gasteiger partial charge in [-0.1, -0.05) is 30.3 Å². The van der Waals surface area contributed by atoms with Gasteiger partial charge in [0, 0.05) is 37.5 Å². The summed E-state index contributed by atoms with van der Waals surface area (Å²) in [5, 5.41) is 0. The molecule has 22 heavy (non-hydrogen) atoms. The predicted molar refractivity (Wildman–Crippen MR) is 85.4 cm³/mol. The largest absolute Gasteiger partial charge is 0.341 e. The number of likely N-dealkylation sites (tertiary alicyclic amines) is 1. The number of amides is 1. The Morgan fingerprint density at radius 3 is 2.50 bits per heavy atom. The zero-order chi connectivity index (χ0) is 15.5. The molecule has 1 heterocycles. The summed E-state index contributed by atoms with van der Waals surface area (Å²) in [5.41, 5.74) is 6.88. The molecule has 2 aliphatic rings. The van der Waals surface area contributed by atoms with Crippen LogP contribution in [0.1, 0.15) is 42.5 Å². The third-order valence-electron chi connectivity index (χ3n) is 4.88. The standard InChI is InChI=1S/C18H24N2O2/c19-16-12-20(11-15(16)13-9-10-13)18(22)8-4-7-17(21)14-5-2-1-3-6-14/h1-3,5-6,13,15-16H,4,7-12,19H2/t15-,16+/m0/s1. The minimum atomic E-state index is 0.113. The van der Waals surface area contributed by atoms with Gasteiger partial charge in [0.1, 0.15) is 0 Å². The predicted octanol–water partition coefficient (Wildman–Crippen LogP) is 2.24. The molecule has 1 aliphatic carbocycles. The van der Waals surface area contributed by atoms with Crippen LogP contribution >= 0.6 is 0 Å². The lowest BCUT2D eigenvalue weighted by Crippen LogP contribution is -2.32. The van der Waals surface area contributed by atoms with E-state index in [1.165, 1.54) is 12.8 Å². The van der Waals surface area contributed by atoms with Crippen LogP contribution in [-0.2, 0) is 4.79 Å². The second kappa shape index (κ2) is 6.61. The maximum absolute atomic E-state index is 12.3. The van der Waals surface area contributed by atoms with Gasteiger partial charge >= 0.3 is 0 Å². The molecule has 1 aliphatic heterocycles. The van der Waals surface area contributed by atoms with Gasteiger partial charge in [-0.3, -0.25) is 9.59 Å². The van der Waals surface area contributed by atoms with E-state index in [0.29, 0.717) is 31.7 Å². The van der Waals surface area contributed by atoms with Crippen LogP contribution in [0.3, 0.4) is 0 Å². The summed E-state index contributed by atoms with van der Waals surface area (Å²) >= 11 is 0. The third-order valence-corrected chi connectivity index (χ3v) is 4.88. The lowest BCUT2D eigenvalue weighted by molar-refractivity contribution is -0.130. The third kappa shape index (κ3) is 3.55. The molecular formula is C18H24N2O2. The number of hydrogen-bond acceptors (Lipinski definition) is 3. The normalized spacial score (nSPS) is 24.5. The first-order valence-electron chi connectivity index (χ1n) is 8.27. The highest BCUT2D eigenvalue weighted by Gasteiger charge is 2.41. The molecule has 118 valence electrons. The fourth-order valence-electron chi connectivity index (χ4n) is 3.41. The van der Waals surface area contributed by atoms with E-state index in [1.54, 1.807) is 0 Å². The van der Waals surface area contributed by atoms with Crippen LogP contribution in [0.15, 0.2) is 30.3 Å². The molecule has 2 N–H and O–H groups in total. The Kier molecular flexibility index (Phi) is 4.57. The Balaban J connectivity index is 1.42. The van der Waals surface area contributed by atoms with E-state index >= 15 is 0 Å². The number of benzene rings is 1. The molecule has 1 aromatic rings. The van der Waals surface area contributed by atoms with Crippen LogP contribution in [0.4, 0.5) is 0 Å². The first kappa shape index (κ1) is 15.2. The van der Waals surface area contributed by atoms with E-state index in [2.05, 4.69) is 0 Å². The first-order valence-corrected chi connectivity index (χ1v) is 8.27. The van der Waals surface area contributed by atoms with Crippen molar-refractivity contribution in [1.29, 1.82) is 0 Å². The topological polar surface area (TPSA) is 63.4 Å². The van der Waals surface area contributed by atoms with Crippen LogP contribution in [0.5, 0.6) is 0 Å². The zero-order valence-electron chi connectivity index (χ0n) is 12.9. The van der Waals surface area contributed by atoms with Crippen molar-refractivity contribution in [3.8, 4) is 0 Å². The average Bonchev–Trinajstić information content (AvgIpc) is 3.30. The number of nitrogens with two attached hydrogens (primary N) is 1. The van der Waals surface area contributed by atoms with E-state index in [-0.39, 0.29) is 17.7 Å². The Bertz CT molecular complexity index is 539. The van der Waals surface area contributed by atoms with Crippen molar-refractivity contribution >= 4 is 11.7 Å². The second-order valence-electron chi connectivity index (χ2n) is 6.61. The van der Waals surface area contributed by atoms with Crippen molar-refractivity contribution in [3.05, 3.63) is 35.9 Å². The van der Waals surface area contributed by atoms with Crippen LogP contribution in [0, 0.1) is 11.8 Å². The van der Waals surface area contributed by atoms with Crippen molar-refractivity contribution in [1.82, 2.24) is 4.90 Å². The van der Waals surface area contributed by atoms with Gasteiger partial charge in [0.05, 0.1) is 0 Å². The highest BCUT2D eigenvalue weighted by molar-refractivity contribution is 5.96. The molecule has 0 spiro atoms. The van der Waals surface area contributed by atoms with E-state index in [1.807, 2.05) is 35.2 Å². The summed E-state index contributed by atoms with van der Waals surface area (Å²) in [4.78, 5) is 26.2. The monoisotopic (exact) mass is 300 g/mol. The van der Waals surface area contributed by atoms with Crippen molar-refractivity contribution in [2.45, 2.75) is 38.1 Å². The molecule has 2 atom stereocenters. The maximum atomic E-state index is 12.3. The van der Waals surface area contributed by atoms with Crippen molar-refractivity contribution in [2.24, 2.45) is 17.6 Å². The molecule has 2 fully saturated rings. The Morgan fingerprint density at radius 2 is 1.82 bits per heavy atom. The molecule has 0 unspecified atom stereocenters. The Hall–Kier alpha value is -1.68. The molecule has 1 saturated heterocycles. The fourth-order valence-corrected chi connectivity index (χ4v) is 3.41. The summed E-state index contributed by atoms with van der Waals surface area (Å²) in [7, 11) is 0. The number of ketones is 1. The van der Waals surface area contributed by atoms with Gasteiger partial charge in [-0.15, -0.1) is 0 Å². The van der Waals surface area contributed by atoms with Crippen molar-refractivity contribution in [3.63, 3.8) is 0 Å². The van der Waals surface area contributed by atoms with Gasteiger partial charge in [-0.05, 0) is 31.1 Å². The van der Waals surface area contributed by atoms with Gasteiger partial charge in [-0.2, -0.15) is 0 Å². The number of carbonyl (C=O) groups excluding carboxylic acids is 2. The van der Waals surface area contributed by atoms with Crippen LogP contribution in [0.2, 0.25) is 0 Å². The molecule has 1 saturated carbocycles. The smallest absolute Gasteiger partial charge is 0.222 e. The van der Waals surface area contributed by atoms with Gasteiger partial charge in [0.15, 0.2) is 5.78 Å². The molecule has 0 radical (unpaired) electrons. The summed E-state index contributed by atoms with van der Waals surface area (Å²) in [6.45, 7) is 1.50. The molecular weight excluding hydrogens is 276 g/mol. The lowest BCUT2D eigenvalue weighted by atomic mass is 9.99. The second-order valence-corrected chi connectivity index (χ2v) is 6.61. The molecule has 0 bridgehead atoms. The summed E-state index contributed by atoms with van der Waals surface area (Å²) in [5.74, 6) is 1.50. The van der Waals surface area contributed by atoms with E-state index in [4.69, 9.17) is 5.73 Å². The zero-order valence-corrected chi connectivity index (χ0v) is 12.9. The number of rotatable bonds is 6. The number of Topliss-reactive ketones (excluding diaryl/α,β-unsaturated/α-hetero) is 1. The van der Waals surface area contributed by atoms with Gasteiger partial charge in [-0.25, -0.2) is 0 Å². The van der Waals surface area contributed by atoms with Gasteiger partial charge in [0.2, 0.25) is 5.91 Å². The summed E-state index contributed by atoms with van der Waals surface area (Å²) in [6, 6.07) is 9.41. The van der Waals surface area contributed by atoms with Crippen LogP contribution in [-0.4, -0.2) is 35.7 Å². The van der Waals surface area contributed by atoms with E-state index in [9.17, 15) is 9.59 Å². The minimum Gasteiger partial charge on any atom is -0.341 e. The van der Waals surface area contributed by atoms with Crippen molar-refractivity contribution in [2.75, 3.05) is 13.1 Å². The molecule has 0 aromatic heterocycles. The van der Waals surface area contributed by atoms with E-state index < -0.39 is 0 Å². The van der Waals surface area contributed by atoms with Gasteiger partial charge < -0.3 is 10.6 Å². The number of hydrogen-bond donors (Lipinski definition) is 1. The Labute approximate surface area is 131 Å². The lowest BCUT2D eigenvalue weighted by Gasteiger charge is -2.16. The van der Waals surface area contributed by atoms with Crippen LogP contribution in [0.25, 0.3) is 0 Å². The highest BCUT2D eigenvalue weighted by atomic mass is 16.2. The minimum absolute atomic E-state index is 0.113. The number of carbonyl (C=O) groups is 2. The summed E-state index contributed by atoms with van der Waals surface area (Å²) in [6.07, 6.45) is 4.04. The number of nitrogens with zero attached hydrogens (tertiary/aromatic N) is 1. The molecule has 1 aromatic carbocycles. The molecule has 1 amide bonds.